The lowest BCUT2D eigenvalue weighted by Gasteiger charge is -2.27. The lowest BCUT2D eigenvalue weighted by molar-refractivity contribution is 0.0737. The number of nitrogens with zero attached hydrogens (tertiary/aromatic N) is 2. The first-order chi connectivity index (χ1) is 14.6. The quantitative estimate of drug-likeness (QED) is 0.603. The van der Waals surface area contributed by atoms with Crippen LogP contribution in [0.5, 0.6) is 5.75 Å². The third-order valence-corrected chi connectivity index (χ3v) is 6.56. The van der Waals surface area contributed by atoms with Gasteiger partial charge < -0.3 is 15.0 Å². The number of anilines is 1. The molecule has 3 aromatic rings. The molecule has 1 aromatic heterocycles. The molecule has 0 unspecified atom stereocenters. The molecule has 0 atom stereocenters. The molecule has 4 rings (SSSR count). The Bertz CT molecular complexity index is 1120. The van der Waals surface area contributed by atoms with E-state index >= 15 is 0 Å². The zero-order chi connectivity index (χ0) is 21.1. The van der Waals surface area contributed by atoms with Gasteiger partial charge in [0.25, 0.3) is 5.91 Å². The molecule has 0 fully saturated rings. The second-order valence-electron chi connectivity index (χ2n) is 7.01. The lowest BCUT2D eigenvalue weighted by atomic mass is 10.0. The number of carbonyl (C=O) groups is 1. The molecule has 0 aliphatic carbocycles. The van der Waals surface area contributed by atoms with Crippen LogP contribution in [0.4, 0.5) is 5.00 Å². The van der Waals surface area contributed by atoms with Crippen LogP contribution in [0.2, 0.25) is 5.02 Å². The molecule has 1 amide bonds. The van der Waals surface area contributed by atoms with Crippen LogP contribution in [0, 0.1) is 11.3 Å². The number of rotatable bonds is 5. The van der Waals surface area contributed by atoms with E-state index in [2.05, 4.69) is 11.4 Å². The minimum absolute atomic E-state index is 0.0184. The van der Waals surface area contributed by atoms with Gasteiger partial charge in [0, 0.05) is 28.6 Å². The van der Waals surface area contributed by atoms with E-state index in [0.717, 1.165) is 26.8 Å². The van der Waals surface area contributed by atoms with Gasteiger partial charge in [-0.25, -0.2) is 0 Å². The number of amides is 1. The average molecular weight is 438 g/mol. The maximum atomic E-state index is 12.8. The Balaban J connectivity index is 1.51. The van der Waals surface area contributed by atoms with Crippen molar-refractivity contribution in [3.8, 4) is 11.8 Å². The van der Waals surface area contributed by atoms with Gasteiger partial charge in [0.1, 0.15) is 16.8 Å². The number of hydrogen-bond acceptors (Lipinski definition) is 5. The van der Waals surface area contributed by atoms with Gasteiger partial charge in [-0.2, -0.15) is 5.26 Å². The molecular formula is C23H20ClN3O2S. The van der Waals surface area contributed by atoms with E-state index < -0.39 is 0 Å². The number of nitriles is 1. The molecule has 1 aliphatic heterocycles. The number of thiophene rings is 1. The van der Waals surface area contributed by atoms with E-state index in [9.17, 15) is 10.1 Å². The van der Waals surface area contributed by atoms with Gasteiger partial charge in [-0.3, -0.25) is 4.79 Å². The summed E-state index contributed by atoms with van der Waals surface area (Å²) in [5.41, 5.74) is 3.44. The molecule has 0 saturated carbocycles. The molecule has 0 saturated heterocycles. The summed E-state index contributed by atoms with van der Waals surface area (Å²) in [6.45, 7) is 1.70. The summed E-state index contributed by atoms with van der Waals surface area (Å²) >= 11 is 7.48. The zero-order valence-electron chi connectivity index (χ0n) is 16.4. The van der Waals surface area contributed by atoms with E-state index in [4.69, 9.17) is 16.3 Å². The minimum atomic E-state index is -0.0184. The van der Waals surface area contributed by atoms with E-state index in [1.165, 1.54) is 0 Å². The van der Waals surface area contributed by atoms with Gasteiger partial charge in [-0.1, -0.05) is 23.7 Å². The third kappa shape index (κ3) is 4.13. The number of fused-ring (bicyclic) bond motifs is 1. The van der Waals surface area contributed by atoms with Crippen molar-refractivity contribution in [1.29, 1.82) is 5.26 Å². The summed E-state index contributed by atoms with van der Waals surface area (Å²) < 4.78 is 5.27. The molecule has 1 aliphatic rings. The molecule has 2 aromatic carbocycles. The zero-order valence-corrected chi connectivity index (χ0v) is 18.0. The Morgan fingerprint density at radius 1 is 1.30 bits per heavy atom. The highest BCUT2D eigenvalue weighted by Gasteiger charge is 2.27. The highest BCUT2D eigenvalue weighted by molar-refractivity contribution is 7.16. The molecule has 152 valence electrons. The summed E-state index contributed by atoms with van der Waals surface area (Å²) in [7, 11) is 1.64. The molecule has 2 heterocycles. The second-order valence-corrected chi connectivity index (χ2v) is 8.55. The molecule has 30 heavy (non-hydrogen) atoms. The number of hydrogen-bond donors (Lipinski definition) is 1. The van der Waals surface area contributed by atoms with Crippen LogP contribution in [0.1, 0.15) is 31.9 Å². The van der Waals surface area contributed by atoms with Gasteiger partial charge in [-0.05, 0) is 53.9 Å². The number of methoxy groups -OCH3 is 1. The first-order valence-corrected chi connectivity index (χ1v) is 10.7. The maximum Gasteiger partial charge on any atom is 0.254 e. The minimum Gasteiger partial charge on any atom is -0.497 e. The normalized spacial score (nSPS) is 12.8. The predicted octanol–water partition coefficient (Wildman–Crippen LogP) is 5.09. The lowest BCUT2D eigenvalue weighted by Crippen LogP contribution is -2.35. The monoisotopic (exact) mass is 437 g/mol. The van der Waals surface area contributed by atoms with Gasteiger partial charge >= 0.3 is 0 Å². The molecule has 1 N–H and O–H groups in total. The van der Waals surface area contributed by atoms with E-state index in [1.54, 1.807) is 42.7 Å². The van der Waals surface area contributed by atoms with Crippen molar-refractivity contribution in [2.24, 2.45) is 0 Å². The maximum absolute atomic E-state index is 12.8. The Kier molecular flexibility index (Phi) is 5.93. The average Bonchev–Trinajstić information content (AvgIpc) is 3.14. The molecular weight excluding hydrogens is 418 g/mol. The summed E-state index contributed by atoms with van der Waals surface area (Å²) in [5.74, 6) is 0.784. The van der Waals surface area contributed by atoms with E-state index in [0.29, 0.717) is 42.2 Å². The summed E-state index contributed by atoms with van der Waals surface area (Å²) in [6, 6.07) is 17.1. The van der Waals surface area contributed by atoms with Crippen LogP contribution >= 0.6 is 22.9 Å². The van der Waals surface area contributed by atoms with Crippen LogP contribution in [0.3, 0.4) is 0 Å². The van der Waals surface area contributed by atoms with Crippen LogP contribution in [-0.2, 0) is 19.5 Å². The SMILES string of the molecule is COc1cccc(CNc2sc3c(c2C#N)CCN(C(=O)c2ccc(Cl)cc2)C3)c1. The summed E-state index contributed by atoms with van der Waals surface area (Å²) in [6.07, 6.45) is 0.675. The van der Waals surface area contributed by atoms with Crippen molar-refractivity contribution in [1.82, 2.24) is 4.90 Å². The highest BCUT2D eigenvalue weighted by Crippen LogP contribution is 2.37. The fraction of sp³-hybridized carbons (Fsp3) is 0.217. The van der Waals surface area contributed by atoms with E-state index in [-0.39, 0.29) is 5.91 Å². The standard InChI is InChI=1S/C23H20ClN3O2S/c1-29-18-4-2-3-15(11-18)13-26-22-20(12-25)19-9-10-27(14-21(19)30-22)23(28)16-5-7-17(24)8-6-16/h2-8,11,26H,9-10,13-14H2,1H3. The van der Waals surface area contributed by atoms with Crippen molar-refractivity contribution >= 4 is 33.8 Å². The fourth-order valence-corrected chi connectivity index (χ4v) is 4.89. The van der Waals surface area contributed by atoms with Crippen molar-refractivity contribution in [3.63, 3.8) is 0 Å². The van der Waals surface area contributed by atoms with Crippen molar-refractivity contribution in [2.45, 2.75) is 19.5 Å². The van der Waals surface area contributed by atoms with Gasteiger partial charge in [0.15, 0.2) is 0 Å². The Labute approximate surface area is 184 Å². The molecule has 0 bridgehead atoms. The molecule has 7 heteroatoms. The van der Waals surface area contributed by atoms with Crippen molar-refractivity contribution in [2.75, 3.05) is 19.0 Å². The van der Waals surface area contributed by atoms with Crippen LogP contribution in [0.15, 0.2) is 48.5 Å². The molecule has 0 radical (unpaired) electrons. The Morgan fingerprint density at radius 3 is 2.83 bits per heavy atom. The predicted molar refractivity (Wildman–Crippen MR) is 119 cm³/mol. The van der Waals surface area contributed by atoms with Crippen LogP contribution in [-0.4, -0.2) is 24.5 Å². The smallest absolute Gasteiger partial charge is 0.254 e. The molecule has 0 spiro atoms. The summed E-state index contributed by atoms with van der Waals surface area (Å²) in [4.78, 5) is 15.7. The Hall–Kier alpha value is -3.01. The van der Waals surface area contributed by atoms with E-state index in [1.807, 2.05) is 29.2 Å². The van der Waals surface area contributed by atoms with Gasteiger partial charge in [0.05, 0.1) is 19.2 Å². The van der Waals surface area contributed by atoms with Crippen molar-refractivity contribution < 1.29 is 9.53 Å². The van der Waals surface area contributed by atoms with Crippen LogP contribution < -0.4 is 10.1 Å². The number of ether oxygens (including phenoxy) is 1. The van der Waals surface area contributed by atoms with Gasteiger partial charge in [0.2, 0.25) is 0 Å². The van der Waals surface area contributed by atoms with Crippen molar-refractivity contribution in [3.05, 3.63) is 80.7 Å². The third-order valence-electron chi connectivity index (χ3n) is 5.13. The topological polar surface area (TPSA) is 65.4 Å². The van der Waals surface area contributed by atoms with Gasteiger partial charge in [-0.15, -0.1) is 11.3 Å². The molecule has 5 nitrogen and oxygen atoms in total. The number of carbonyl (C=O) groups excluding carboxylic acids is 1. The summed E-state index contributed by atoms with van der Waals surface area (Å²) in [5, 5.41) is 14.6. The Morgan fingerprint density at radius 2 is 2.10 bits per heavy atom. The fourth-order valence-electron chi connectivity index (χ4n) is 3.56. The number of halogens is 1. The number of benzene rings is 2. The first-order valence-electron chi connectivity index (χ1n) is 9.55. The second kappa shape index (κ2) is 8.78. The number of nitrogens with one attached hydrogen (secondary N) is 1. The highest BCUT2D eigenvalue weighted by atomic mass is 35.5. The largest absolute Gasteiger partial charge is 0.497 e. The first kappa shape index (κ1) is 20.3. The van der Waals surface area contributed by atoms with Crippen LogP contribution in [0.25, 0.3) is 0 Å².